The van der Waals surface area contributed by atoms with E-state index in [4.69, 9.17) is 11.5 Å². The Labute approximate surface area is 629 Å². The monoisotopic (exact) mass is 1530 g/mol. The minimum absolute atomic E-state index is 0.0100. The van der Waals surface area contributed by atoms with E-state index in [1.54, 1.807) is 72.0 Å². The van der Waals surface area contributed by atoms with Gasteiger partial charge < -0.3 is 116 Å². The lowest BCUT2D eigenvalue weighted by molar-refractivity contribution is -0.140. The lowest BCUT2D eigenvalue weighted by Gasteiger charge is -2.28. The molecule has 0 saturated carbocycles. The number of hydrogen-bond acceptors (Lipinski definition) is 21. The molecule has 38 nitrogen and oxygen atoms in total. The van der Waals surface area contributed by atoms with Crippen LogP contribution >= 0.6 is 0 Å². The summed E-state index contributed by atoms with van der Waals surface area (Å²) < 4.78 is 0. The number of benzene rings is 2. The molecule has 15 amide bonds. The van der Waals surface area contributed by atoms with Gasteiger partial charge in [-0.3, -0.25) is 71.9 Å². The number of carbonyl (C=O) groups excluding carboxylic acids is 15. The quantitative estimate of drug-likeness (QED) is 0.0196. The van der Waals surface area contributed by atoms with E-state index in [9.17, 15) is 92.3 Å². The number of aliphatic hydroxyl groups excluding tert-OH is 3. The van der Waals surface area contributed by atoms with Gasteiger partial charge >= 0.3 is 0 Å². The number of hydrogen-bond donors (Lipinski definition) is 21. The Hall–Kier alpha value is -11.1. The Morgan fingerprint density at radius 1 is 0.550 bits per heavy atom. The Bertz CT molecular complexity index is 3790. The van der Waals surface area contributed by atoms with Crippen molar-refractivity contribution < 1.29 is 92.3 Å². The summed E-state index contributed by atoms with van der Waals surface area (Å²) in [5.74, 6) is -14.5. The zero-order valence-electron chi connectivity index (χ0n) is 62.3. The van der Waals surface area contributed by atoms with Crippen molar-refractivity contribution in [2.75, 3.05) is 45.9 Å². The van der Waals surface area contributed by atoms with Crippen LogP contribution in [0.15, 0.2) is 67.3 Å². The minimum atomic E-state index is -1.87. The van der Waals surface area contributed by atoms with Crippen molar-refractivity contribution >= 4 is 99.5 Å². The number of nitrogens with zero attached hydrogens (tertiary/aromatic N) is 2. The van der Waals surface area contributed by atoms with E-state index in [1.165, 1.54) is 55.5 Å². The fourth-order valence-electron chi connectivity index (χ4n) is 11.8. The second kappa shape index (κ2) is 43.6. The molecular weight excluding hydrogens is 1420 g/mol. The van der Waals surface area contributed by atoms with Gasteiger partial charge in [-0.05, 0) is 93.0 Å². The summed E-state index contributed by atoms with van der Waals surface area (Å²) in [7, 11) is 0. The molecule has 38 heteroatoms. The number of para-hydroxylation sites is 1. The maximum Gasteiger partial charge on any atom is 0.245 e. The first kappa shape index (κ1) is 88.5. The largest absolute Gasteiger partial charge is 0.508 e. The fourth-order valence-corrected chi connectivity index (χ4v) is 11.8. The number of aromatic hydroxyl groups is 1. The zero-order chi connectivity index (χ0) is 80.8. The van der Waals surface area contributed by atoms with E-state index in [1.807, 2.05) is 0 Å². The van der Waals surface area contributed by atoms with Crippen molar-refractivity contribution in [2.45, 2.75) is 186 Å². The molecule has 23 N–H and O–H groups in total. The normalized spacial score (nSPS) is 15.7. The Balaban J connectivity index is 1.20. The highest BCUT2D eigenvalue weighted by atomic mass is 16.3. The molecule has 4 aromatic rings. The van der Waals surface area contributed by atoms with E-state index in [0.717, 1.165) is 10.9 Å². The van der Waals surface area contributed by atoms with E-state index in [-0.39, 0.29) is 88.1 Å². The molecular formula is C71H105N19O19. The van der Waals surface area contributed by atoms with E-state index in [2.05, 4.69) is 84.1 Å². The molecule has 0 radical (unpaired) electrons. The summed E-state index contributed by atoms with van der Waals surface area (Å²) in [6.07, 6.45) is 2.38. The van der Waals surface area contributed by atoms with Crippen molar-refractivity contribution in [1.82, 2.24) is 89.0 Å². The number of primary amides is 1. The third-order valence-corrected chi connectivity index (χ3v) is 17.4. The van der Waals surface area contributed by atoms with Crippen LogP contribution in [0, 0.1) is 17.8 Å². The maximum atomic E-state index is 14.4. The van der Waals surface area contributed by atoms with Gasteiger partial charge in [0, 0.05) is 61.3 Å². The molecule has 1 aliphatic rings. The average molecular weight is 1530 g/mol. The average Bonchev–Trinajstić information content (AvgIpc) is 1.69. The number of imidazole rings is 1. The number of phenols is 1. The van der Waals surface area contributed by atoms with Gasteiger partial charge in [0.15, 0.2) is 0 Å². The van der Waals surface area contributed by atoms with Crippen LogP contribution in [0.4, 0.5) is 0 Å². The molecule has 0 unspecified atom stereocenters. The molecule has 2 aromatic carbocycles. The second-order valence-electron chi connectivity index (χ2n) is 27.9. The van der Waals surface area contributed by atoms with Crippen LogP contribution in [-0.2, 0) is 91.2 Å². The molecule has 109 heavy (non-hydrogen) atoms. The maximum absolute atomic E-state index is 14.4. The number of rotatable bonds is 44. The number of nitrogens with one attached hydrogen (secondary N) is 15. The lowest BCUT2D eigenvalue weighted by atomic mass is 9.99. The Morgan fingerprint density at radius 3 is 1.65 bits per heavy atom. The summed E-state index contributed by atoms with van der Waals surface area (Å²) >= 11 is 0. The molecule has 1 aliphatic heterocycles. The zero-order valence-corrected chi connectivity index (χ0v) is 62.3. The van der Waals surface area contributed by atoms with Crippen LogP contribution in [0.2, 0.25) is 0 Å². The first-order valence-electron chi connectivity index (χ1n) is 35.9. The first-order valence-corrected chi connectivity index (χ1v) is 35.9. The van der Waals surface area contributed by atoms with Gasteiger partial charge in [-0.1, -0.05) is 71.9 Å². The van der Waals surface area contributed by atoms with Crippen molar-refractivity contribution in [3.8, 4) is 5.75 Å². The number of nitrogens with two attached hydrogens (primary N) is 2. The number of carbonyl (C=O) groups is 15. The van der Waals surface area contributed by atoms with Crippen LogP contribution < -0.4 is 80.6 Å². The number of aromatic amines is 2. The smallest absolute Gasteiger partial charge is 0.245 e. The van der Waals surface area contributed by atoms with Gasteiger partial charge in [-0.15, -0.1) is 0 Å². The minimum Gasteiger partial charge on any atom is -0.508 e. The summed E-state index contributed by atoms with van der Waals surface area (Å²) in [4.78, 5) is 216. The standard InChI is InChI=1S/C71H105N19O19/c1-36(2)22-47(63(101)78-33-59(98)90-20-11-14-55(90)70(108)86-52(62(100)75-19-21-91)27-43-31-74-35-79-43)83-64(102)48(23-37(3)4)84-66(104)50(25-41-15-17-44(94)18-16-41)82-58(97)32-77-61(99)39(7)80-69(107)54(34-92)88-67(105)53(28-56(73)95)85-65(103)49(24-38(5)6)87-71(109)60(40(8)93)89-68(106)51(81-57(96)29-72)26-42-30-76-46-13-10-9-12-45(42)46/h9-10,12-13,15-18,30-31,35-40,47-55,60,76,91-94H,11,14,19-29,32-34,72H2,1-8H3,(H2,73,95)(H,74,79)(H,75,100)(H,77,99)(H,78,101)(H,80,107)(H,81,96)(H,82,97)(H,83,102)(H,84,104)(H,85,103)(H,86,108)(H,87,109)(H,88,105)(H,89,106)/t39-,40+,47-,48-,49-,50-,51-,52-,53-,54-,55-,60-/m0/s1. The van der Waals surface area contributed by atoms with Gasteiger partial charge in [0.25, 0.3) is 0 Å². The lowest BCUT2D eigenvalue weighted by Crippen LogP contribution is -2.62. The van der Waals surface area contributed by atoms with E-state index >= 15 is 0 Å². The summed E-state index contributed by atoms with van der Waals surface area (Å²) in [5.41, 5.74) is 13.3. The van der Waals surface area contributed by atoms with Crippen LogP contribution in [0.25, 0.3) is 10.9 Å². The fraction of sp³-hybridized carbons (Fsp3) is 0.549. The van der Waals surface area contributed by atoms with Crippen molar-refractivity contribution in [2.24, 2.45) is 29.2 Å². The molecule has 0 bridgehead atoms. The van der Waals surface area contributed by atoms with Crippen LogP contribution in [0.5, 0.6) is 5.75 Å². The summed E-state index contributed by atoms with van der Waals surface area (Å²) in [6.45, 7) is 9.55. The third kappa shape index (κ3) is 28.8. The summed E-state index contributed by atoms with van der Waals surface area (Å²) in [6, 6.07) is -3.24. The van der Waals surface area contributed by atoms with Crippen molar-refractivity contribution in [1.29, 1.82) is 0 Å². The molecule has 3 heterocycles. The van der Waals surface area contributed by atoms with Crippen molar-refractivity contribution in [3.63, 3.8) is 0 Å². The van der Waals surface area contributed by atoms with Gasteiger partial charge in [0.1, 0.15) is 72.2 Å². The van der Waals surface area contributed by atoms with Crippen LogP contribution in [0.1, 0.15) is 111 Å². The highest BCUT2D eigenvalue weighted by Crippen LogP contribution is 2.22. The Kier molecular flexibility index (Phi) is 35.4. The number of aliphatic hydroxyl groups is 3. The molecule has 1 fully saturated rings. The third-order valence-electron chi connectivity index (χ3n) is 17.4. The van der Waals surface area contributed by atoms with Crippen LogP contribution in [0.3, 0.4) is 0 Å². The number of H-pyrrole nitrogens is 2. The highest BCUT2D eigenvalue weighted by Gasteiger charge is 2.39. The predicted molar refractivity (Wildman–Crippen MR) is 392 cm³/mol. The van der Waals surface area contributed by atoms with E-state index in [0.29, 0.717) is 23.2 Å². The van der Waals surface area contributed by atoms with Gasteiger partial charge in [-0.2, -0.15) is 0 Å². The summed E-state index contributed by atoms with van der Waals surface area (Å²) in [5, 5.41) is 73.4. The number of amides is 15. The topological polar surface area (TPSA) is 593 Å². The number of fused-ring (bicyclic) bond motifs is 1. The first-order chi connectivity index (χ1) is 51.6. The SMILES string of the molecule is CC(C)C[C@H](NC(=O)[C@H](CC(C)C)NC(=O)[C@H](Cc1ccc(O)cc1)NC(=O)CNC(=O)[C@H](C)NC(=O)[C@H](CO)NC(=O)[C@H](CC(N)=O)NC(=O)[C@H](CC(C)C)NC(=O)[C@@H](NC(=O)[C@H](Cc1c[nH]c2ccccc12)NC(=O)CN)[C@@H](C)O)C(=O)NCC(=O)N1CCC[C@H]1C(=O)N[C@@H](Cc1cnc[nH]1)C(=O)NCCO. The molecule has 0 spiro atoms. The van der Waals surface area contributed by atoms with Gasteiger partial charge in [0.2, 0.25) is 88.6 Å². The number of phenolic OH excluding ortho intramolecular Hbond substituents is 1. The van der Waals surface area contributed by atoms with E-state index < -0.39 is 194 Å². The predicted octanol–water partition coefficient (Wildman–Crippen LogP) is -5.83. The molecule has 2 aromatic heterocycles. The number of aromatic nitrogens is 3. The molecule has 0 aliphatic carbocycles. The number of likely N-dealkylation sites (tertiary alicyclic amines) is 1. The molecule has 1 saturated heterocycles. The highest BCUT2D eigenvalue weighted by molar-refractivity contribution is 6.01. The van der Waals surface area contributed by atoms with Gasteiger partial charge in [-0.25, -0.2) is 4.98 Å². The molecule has 598 valence electrons. The second-order valence-corrected chi connectivity index (χ2v) is 27.9. The Morgan fingerprint density at radius 2 is 1.07 bits per heavy atom. The molecule has 5 rings (SSSR count). The molecule has 12 atom stereocenters. The van der Waals surface area contributed by atoms with Crippen molar-refractivity contribution in [3.05, 3.63) is 84.1 Å². The van der Waals surface area contributed by atoms with Crippen LogP contribution in [-0.4, -0.2) is 247 Å². The van der Waals surface area contributed by atoms with Gasteiger partial charge in [0.05, 0.1) is 51.7 Å².